The van der Waals surface area contributed by atoms with Crippen molar-refractivity contribution in [3.8, 4) is 0 Å². The zero-order chi connectivity index (χ0) is 13.7. The third-order valence-electron chi connectivity index (χ3n) is 3.93. The maximum absolute atomic E-state index is 13.2. The minimum absolute atomic E-state index is 0.222. The maximum Gasteiger partial charge on any atom is 0.137 e. The second kappa shape index (κ2) is 6.80. The molecule has 1 aliphatic heterocycles. The number of hydrogen-bond donors (Lipinski definition) is 1. The van der Waals surface area contributed by atoms with Crippen LogP contribution in [0.15, 0.2) is 18.2 Å². The van der Waals surface area contributed by atoms with Crippen LogP contribution < -0.4 is 5.32 Å². The summed E-state index contributed by atoms with van der Waals surface area (Å²) in [4.78, 5) is 12.0. The Morgan fingerprint density at radius 1 is 1.47 bits per heavy atom. The molecule has 1 heterocycles. The van der Waals surface area contributed by atoms with Crippen LogP contribution in [0, 0.1) is 18.7 Å². The number of aryl methyl sites for hydroxylation is 1. The fraction of sp³-hybridized carbons (Fsp3) is 0.562. The van der Waals surface area contributed by atoms with E-state index in [0.717, 1.165) is 30.6 Å². The highest BCUT2D eigenvalue weighted by molar-refractivity contribution is 5.81. The molecule has 1 aliphatic rings. The zero-order valence-corrected chi connectivity index (χ0v) is 11.5. The lowest BCUT2D eigenvalue weighted by atomic mass is 9.92. The van der Waals surface area contributed by atoms with Gasteiger partial charge in [-0.05, 0) is 68.5 Å². The first-order valence-electron chi connectivity index (χ1n) is 7.12. The molecule has 1 aromatic carbocycles. The average Bonchev–Trinajstić information content (AvgIpc) is 2.42. The highest BCUT2D eigenvalue weighted by atomic mass is 19.1. The van der Waals surface area contributed by atoms with Crippen molar-refractivity contribution in [3.05, 3.63) is 35.1 Å². The summed E-state index contributed by atoms with van der Waals surface area (Å²) in [7, 11) is 0. The van der Waals surface area contributed by atoms with Crippen molar-refractivity contribution in [1.29, 1.82) is 0 Å². The monoisotopic (exact) mass is 263 g/mol. The largest absolute Gasteiger partial charge is 0.316 e. The van der Waals surface area contributed by atoms with E-state index in [1.165, 1.54) is 25.0 Å². The van der Waals surface area contributed by atoms with Gasteiger partial charge < -0.3 is 5.32 Å². The predicted molar refractivity (Wildman–Crippen MR) is 74.7 cm³/mol. The Morgan fingerprint density at radius 2 is 2.32 bits per heavy atom. The normalized spacial score (nSPS) is 19.4. The van der Waals surface area contributed by atoms with Crippen LogP contribution in [0.25, 0.3) is 0 Å². The highest BCUT2D eigenvalue weighted by Crippen LogP contribution is 2.18. The average molecular weight is 263 g/mol. The third-order valence-corrected chi connectivity index (χ3v) is 3.93. The van der Waals surface area contributed by atoms with E-state index in [1.807, 2.05) is 6.92 Å². The van der Waals surface area contributed by atoms with Crippen molar-refractivity contribution in [3.63, 3.8) is 0 Å². The van der Waals surface area contributed by atoms with Crippen LogP contribution in [-0.4, -0.2) is 18.9 Å². The standard InChI is InChI=1S/C16H22FNO/c1-12-4-6-15(17)9-14(12)10-16(19)7-5-13-3-2-8-18-11-13/h4,6,9,13,18H,2-3,5,7-8,10-11H2,1H3. The van der Waals surface area contributed by atoms with Crippen LogP contribution in [0.4, 0.5) is 4.39 Å². The maximum atomic E-state index is 13.2. The van der Waals surface area contributed by atoms with E-state index in [9.17, 15) is 9.18 Å². The van der Waals surface area contributed by atoms with Crippen molar-refractivity contribution < 1.29 is 9.18 Å². The van der Waals surface area contributed by atoms with Gasteiger partial charge in [-0.2, -0.15) is 0 Å². The minimum atomic E-state index is -0.259. The number of carbonyl (C=O) groups excluding carboxylic acids is 1. The quantitative estimate of drug-likeness (QED) is 0.884. The first-order valence-corrected chi connectivity index (χ1v) is 7.12. The number of Topliss-reactive ketones (excluding diaryl/α,β-unsaturated/α-hetero) is 1. The molecule has 0 spiro atoms. The molecule has 0 aromatic heterocycles. The number of carbonyl (C=O) groups is 1. The van der Waals surface area contributed by atoms with Crippen LogP contribution in [0.5, 0.6) is 0 Å². The van der Waals surface area contributed by atoms with Crippen LogP contribution >= 0.6 is 0 Å². The summed E-state index contributed by atoms with van der Waals surface area (Å²) in [5.41, 5.74) is 1.82. The van der Waals surface area contributed by atoms with E-state index in [1.54, 1.807) is 6.07 Å². The third kappa shape index (κ3) is 4.43. The van der Waals surface area contributed by atoms with Gasteiger partial charge in [-0.1, -0.05) is 6.07 Å². The van der Waals surface area contributed by atoms with E-state index < -0.39 is 0 Å². The van der Waals surface area contributed by atoms with E-state index in [4.69, 9.17) is 0 Å². The van der Waals surface area contributed by atoms with Crippen LogP contribution in [0.2, 0.25) is 0 Å². The van der Waals surface area contributed by atoms with Crippen molar-refractivity contribution in [1.82, 2.24) is 5.32 Å². The summed E-state index contributed by atoms with van der Waals surface area (Å²) in [6.45, 7) is 4.06. The zero-order valence-electron chi connectivity index (χ0n) is 11.5. The Bertz CT molecular complexity index is 438. The van der Waals surface area contributed by atoms with Gasteiger partial charge in [0.1, 0.15) is 11.6 Å². The lowest BCUT2D eigenvalue weighted by Gasteiger charge is -2.22. The van der Waals surface area contributed by atoms with Gasteiger partial charge in [-0.15, -0.1) is 0 Å². The van der Waals surface area contributed by atoms with Crippen molar-refractivity contribution in [2.24, 2.45) is 5.92 Å². The molecule has 0 amide bonds. The number of nitrogens with one attached hydrogen (secondary N) is 1. The second-order valence-electron chi connectivity index (χ2n) is 5.54. The van der Waals surface area contributed by atoms with E-state index in [2.05, 4.69) is 5.32 Å². The fourth-order valence-corrected chi connectivity index (χ4v) is 2.67. The Morgan fingerprint density at radius 3 is 3.05 bits per heavy atom. The van der Waals surface area contributed by atoms with Gasteiger partial charge in [0.15, 0.2) is 0 Å². The molecule has 1 aromatic rings. The summed E-state index contributed by atoms with van der Waals surface area (Å²) in [6.07, 6.45) is 4.37. The fourth-order valence-electron chi connectivity index (χ4n) is 2.67. The van der Waals surface area contributed by atoms with E-state index >= 15 is 0 Å². The Labute approximate surface area is 114 Å². The number of halogens is 1. The molecule has 0 saturated carbocycles. The van der Waals surface area contributed by atoms with Crippen LogP contribution in [0.1, 0.15) is 36.8 Å². The smallest absolute Gasteiger partial charge is 0.137 e. The summed E-state index contributed by atoms with van der Waals surface area (Å²) < 4.78 is 13.2. The SMILES string of the molecule is Cc1ccc(F)cc1CC(=O)CCC1CCCNC1. The van der Waals surface area contributed by atoms with Crippen molar-refractivity contribution in [2.75, 3.05) is 13.1 Å². The predicted octanol–water partition coefficient (Wildman–Crippen LogP) is 3.03. The minimum Gasteiger partial charge on any atom is -0.316 e. The molecule has 104 valence electrons. The first kappa shape index (κ1) is 14.2. The first-order chi connectivity index (χ1) is 9.15. The Hall–Kier alpha value is -1.22. The molecule has 3 heteroatoms. The molecule has 1 saturated heterocycles. The van der Waals surface area contributed by atoms with Gasteiger partial charge in [0.05, 0.1) is 0 Å². The van der Waals surface area contributed by atoms with Crippen molar-refractivity contribution in [2.45, 2.75) is 39.0 Å². The number of benzene rings is 1. The molecule has 0 bridgehead atoms. The summed E-state index contributed by atoms with van der Waals surface area (Å²) >= 11 is 0. The number of hydrogen-bond acceptors (Lipinski definition) is 2. The summed E-state index contributed by atoms with van der Waals surface area (Å²) in [6, 6.07) is 4.66. The van der Waals surface area contributed by atoms with Gasteiger partial charge in [-0.3, -0.25) is 4.79 Å². The van der Waals surface area contributed by atoms with E-state index in [0.29, 0.717) is 18.8 Å². The van der Waals surface area contributed by atoms with Gasteiger partial charge in [0.2, 0.25) is 0 Å². The molecular weight excluding hydrogens is 241 g/mol. The Balaban J connectivity index is 1.81. The molecule has 0 aliphatic carbocycles. The second-order valence-corrected chi connectivity index (χ2v) is 5.54. The number of rotatable bonds is 5. The molecule has 0 radical (unpaired) electrons. The highest BCUT2D eigenvalue weighted by Gasteiger charge is 2.15. The molecule has 1 atom stereocenters. The van der Waals surface area contributed by atoms with E-state index in [-0.39, 0.29) is 11.6 Å². The molecule has 19 heavy (non-hydrogen) atoms. The van der Waals surface area contributed by atoms with Gasteiger partial charge in [-0.25, -0.2) is 4.39 Å². The Kier molecular flexibility index (Phi) is 5.08. The van der Waals surface area contributed by atoms with Crippen LogP contribution in [-0.2, 0) is 11.2 Å². The van der Waals surface area contributed by atoms with Gasteiger partial charge in [0, 0.05) is 12.8 Å². The van der Waals surface area contributed by atoms with Gasteiger partial charge in [0.25, 0.3) is 0 Å². The summed E-state index contributed by atoms with van der Waals surface area (Å²) in [5, 5.41) is 3.36. The molecule has 1 fully saturated rings. The molecular formula is C16H22FNO. The summed E-state index contributed by atoms with van der Waals surface area (Å²) in [5.74, 6) is 0.593. The lowest BCUT2D eigenvalue weighted by molar-refractivity contribution is -0.118. The number of ketones is 1. The molecule has 1 N–H and O–H groups in total. The van der Waals surface area contributed by atoms with Crippen LogP contribution in [0.3, 0.4) is 0 Å². The molecule has 2 rings (SSSR count). The van der Waals surface area contributed by atoms with Gasteiger partial charge >= 0.3 is 0 Å². The topological polar surface area (TPSA) is 29.1 Å². The number of piperidine rings is 1. The molecule has 2 nitrogen and oxygen atoms in total. The van der Waals surface area contributed by atoms with Crippen molar-refractivity contribution >= 4 is 5.78 Å². The molecule has 1 unspecified atom stereocenters. The lowest BCUT2D eigenvalue weighted by Crippen LogP contribution is -2.30.